The molecule has 2 aliphatic heterocycles. The number of fused-ring (bicyclic) bond motifs is 1. The Morgan fingerprint density at radius 3 is 2.71 bits per heavy atom. The van der Waals surface area contributed by atoms with E-state index >= 15 is 0 Å². The van der Waals surface area contributed by atoms with Crippen LogP contribution in [0.25, 0.3) is 0 Å². The zero-order chi connectivity index (χ0) is 22.6. The predicted octanol–water partition coefficient (Wildman–Crippen LogP) is 5.62. The molecule has 2 heterocycles. The molecule has 0 spiro atoms. The maximum Gasteiger partial charge on any atom is 0.416 e. The zero-order valence-electron chi connectivity index (χ0n) is 18.9. The van der Waals surface area contributed by atoms with Gasteiger partial charge in [-0.2, -0.15) is 13.2 Å². The normalized spacial score (nSPS) is 20.7. The highest BCUT2D eigenvalue weighted by Crippen LogP contribution is 2.39. The number of likely N-dealkylation sites (tertiary alicyclic amines) is 1. The number of halogens is 5. The van der Waals surface area contributed by atoms with Gasteiger partial charge in [-0.05, 0) is 54.5 Å². The number of hydrogen-bond donors (Lipinski definition) is 1. The summed E-state index contributed by atoms with van der Waals surface area (Å²) < 4.78 is 46.2. The second-order valence-electron chi connectivity index (χ2n) is 8.68. The van der Waals surface area contributed by atoms with E-state index in [-0.39, 0.29) is 37.3 Å². The summed E-state index contributed by atoms with van der Waals surface area (Å²) in [6.07, 6.45) is -1.24. The van der Waals surface area contributed by atoms with E-state index in [4.69, 9.17) is 4.74 Å². The first-order valence-electron chi connectivity index (χ1n) is 11.2. The molecule has 0 saturated carbocycles. The van der Waals surface area contributed by atoms with Crippen molar-refractivity contribution in [3.63, 3.8) is 0 Å². The third kappa shape index (κ3) is 6.87. The summed E-state index contributed by atoms with van der Waals surface area (Å²) in [4.78, 5) is 13.1. The molecule has 9 heteroatoms. The van der Waals surface area contributed by atoms with Crippen LogP contribution in [-0.4, -0.2) is 37.4 Å². The van der Waals surface area contributed by atoms with Crippen molar-refractivity contribution < 1.29 is 22.7 Å². The molecular formula is C25H31Cl2F3N2O2. The number of nitrogens with one attached hydrogen (secondary N) is 1. The third-order valence-electron chi connectivity index (χ3n) is 6.58. The van der Waals surface area contributed by atoms with Crippen LogP contribution >= 0.6 is 24.8 Å². The minimum Gasteiger partial charge on any atom is -0.492 e. The summed E-state index contributed by atoms with van der Waals surface area (Å²) in [5, 5.41) is 3.35. The first-order chi connectivity index (χ1) is 15.5. The fourth-order valence-corrected chi connectivity index (χ4v) is 4.96. The van der Waals surface area contributed by atoms with E-state index in [1.165, 1.54) is 11.6 Å². The standard InChI is InChI=1S/C25H29F3N2O2.2ClH/c26-25(27,28)23-6-2-1-4-20(23)16-30-11-9-18(5-3-12-31)22(17-30)19-7-8-24-21(14-19)15-29-10-13-32-24;;/h1-2,4,6-8,12,14,18,22,29H,3,5,9-11,13,15-17H2;2*1H. The van der Waals surface area contributed by atoms with Crippen molar-refractivity contribution in [3.05, 3.63) is 64.7 Å². The number of aldehydes is 1. The van der Waals surface area contributed by atoms with Crippen LogP contribution in [0.2, 0.25) is 0 Å². The topological polar surface area (TPSA) is 41.6 Å². The maximum absolute atomic E-state index is 13.5. The van der Waals surface area contributed by atoms with E-state index in [2.05, 4.69) is 22.3 Å². The minimum atomic E-state index is -4.36. The lowest BCUT2D eigenvalue weighted by Gasteiger charge is -2.39. The fourth-order valence-electron chi connectivity index (χ4n) is 4.96. The largest absolute Gasteiger partial charge is 0.492 e. The van der Waals surface area contributed by atoms with Gasteiger partial charge in [0.2, 0.25) is 0 Å². The molecule has 0 aliphatic carbocycles. The maximum atomic E-state index is 13.5. The van der Waals surface area contributed by atoms with Crippen molar-refractivity contribution in [2.75, 3.05) is 26.2 Å². The average molecular weight is 519 g/mol. The Bertz CT molecular complexity index is 943. The zero-order valence-corrected chi connectivity index (χ0v) is 20.5. The van der Waals surface area contributed by atoms with Crippen LogP contribution in [0.4, 0.5) is 13.2 Å². The van der Waals surface area contributed by atoms with Gasteiger partial charge in [0.1, 0.15) is 18.6 Å². The monoisotopic (exact) mass is 518 g/mol. The number of hydrogen-bond acceptors (Lipinski definition) is 4. The molecule has 1 saturated heterocycles. The Labute approximate surface area is 211 Å². The second kappa shape index (κ2) is 12.8. The van der Waals surface area contributed by atoms with Crippen molar-refractivity contribution in [3.8, 4) is 5.75 Å². The third-order valence-corrected chi connectivity index (χ3v) is 6.58. The first-order valence-corrected chi connectivity index (χ1v) is 11.2. The number of ether oxygens (including phenoxy) is 1. The van der Waals surface area contributed by atoms with Gasteiger partial charge in [0.15, 0.2) is 0 Å². The SMILES string of the molecule is Cl.Cl.O=CCCC1CCN(Cc2ccccc2C(F)(F)F)CC1c1ccc2c(c1)CNCCO2. The van der Waals surface area contributed by atoms with Gasteiger partial charge in [-0.1, -0.05) is 30.3 Å². The molecule has 0 radical (unpaired) electrons. The summed E-state index contributed by atoms with van der Waals surface area (Å²) in [6, 6.07) is 12.1. The highest BCUT2D eigenvalue weighted by Gasteiger charge is 2.35. The van der Waals surface area contributed by atoms with E-state index in [0.717, 1.165) is 56.1 Å². The number of nitrogens with zero attached hydrogens (tertiary/aromatic N) is 1. The van der Waals surface area contributed by atoms with Crippen molar-refractivity contribution in [2.24, 2.45) is 5.92 Å². The first kappa shape index (κ1) is 28.4. The molecule has 4 nitrogen and oxygen atoms in total. The molecule has 2 unspecified atom stereocenters. The second-order valence-corrected chi connectivity index (χ2v) is 8.68. The highest BCUT2D eigenvalue weighted by atomic mass is 35.5. The summed E-state index contributed by atoms with van der Waals surface area (Å²) >= 11 is 0. The van der Waals surface area contributed by atoms with E-state index in [1.54, 1.807) is 12.1 Å². The Morgan fingerprint density at radius 2 is 1.94 bits per heavy atom. The number of rotatable bonds is 6. The molecular weight excluding hydrogens is 488 g/mol. The molecule has 2 aromatic rings. The van der Waals surface area contributed by atoms with Crippen molar-refractivity contribution in [2.45, 2.75) is 44.4 Å². The number of benzene rings is 2. The Morgan fingerprint density at radius 1 is 1.15 bits per heavy atom. The van der Waals surface area contributed by atoms with Gasteiger partial charge >= 0.3 is 6.18 Å². The van der Waals surface area contributed by atoms with E-state index in [1.807, 2.05) is 6.07 Å². The van der Waals surface area contributed by atoms with Crippen LogP contribution in [0.3, 0.4) is 0 Å². The summed E-state index contributed by atoms with van der Waals surface area (Å²) in [6.45, 7) is 3.82. The summed E-state index contributed by atoms with van der Waals surface area (Å²) in [7, 11) is 0. The van der Waals surface area contributed by atoms with Crippen LogP contribution in [-0.2, 0) is 24.1 Å². The Balaban J connectivity index is 0.00000204. The van der Waals surface area contributed by atoms with Crippen LogP contribution in [0, 0.1) is 5.92 Å². The van der Waals surface area contributed by atoms with Crippen molar-refractivity contribution in [1.29, 1.82) is 0 Å². The van der Waals surface area contributed by atoms with Crippen LogP contribution in [0.5, 0.6) is 5.75 Å². The lowest BCUT2D eigenvalue weighted by atomic mass is 9.77. The van der Waals surface area contributed by atoms with Crippen molar-refractivity contribution in [1.82, 2.24) is 10.2 Å². The molecule has 1 N–H and O–H groups in total. The molecule has 4 rings (SSSR count). The number of alkyl halides is 3. The van der Waals surface area contributed by atoms with E-state index in [0.29, 0.717) is 31.1 Å². The number of carbonyl (C=O) groups is 1. The smallest absolute Gasteiger partial charge is 0.416 e. The molecule has 1 fully saturated rings. The molecule has 0 amide bonds. The molecule has 34 heavy (non-hydrogen) atoms. The fraction of sp³-hybridized carbons (Fsp3) is 0.480. The summed E-state index contributed by atoms with van der Waals surface area (Å²) in [5.74, 6) is 1.37. The lowest BCUT2D eigenvalue weighted by molar-refractivity contribution is -0.138. The predicted molar refractivity (Wildman–Crippen MR) is 131 cm³/mol. The Kier molecular flexibility index (Phi) is 10.7. The molecule has 0 aromatic heterocycles. The summed E-state index contributed by atoms with van der Waals surface area (Å²) in [5.41, 5.74) is 2.02. The Hall–Kier alpha value is -1.80. The van der Waals surface area contributed by atoms with E-state index in [9.17, 15) is 18.0 Å². The van der Waals surface area contributed by atoms with Crippen molar-refractivity contribution >= 4 is 31.1 Å². The molecule has 0 bridgehead atoms. The van der Waals surface area contributed by atoms with Gasteiger partial charge in [-0.25, -0.2) is 0 Å². The van der Waals surface area contributed by atoms with Crippen LogP contribution in [0.1, 0.15) is 47.4 Å². The minimum absolute atomic E-state index is 0. The van der Waals surface area contributed by atoms with Gasteiger partial charge in [0.05, 0.1) is 5.56 Å². The quantitative estimate of drug-likeness (QED) is 0.504. The van der Waals surface area contributed by atoms with Gasteiger partial charge in [0.25, 0.3) is 0 Å². The molecule has 2 aromatic carbocycles. The van der Waals surface area contributed by atoms with Gasteiger partial charge in [-0.3, -0.25) is 4.90 Å². The van der Waals surface area contributed by atoms with Crippen LogP contribution in [0.15, 0.2) is 42.5 Å². The highest BCUT2D eigenvalue weighted by molar-refractivity contribution is 5.85. The molecule has 2 aliphatic rings. The van der Waals surface area contributed by atoms with E-state index < -0.39 is 11.7 Å². The van der Waals surface area contributed by atoms with Crippen LogP contribution < -0.4 is 10.1 Å². The average Bonchev–Trinajstić information content (AvgIpc) is 3.03. The van der Waals surface area contributed by atoms with Gasteiger partial charge in [-0.15, -0.1) is 24.8 Å². The molecule has 188 valence electrons. The molecule has 2 atom stereocenters. The van der Waals surface area contributed by atoms with Gasteiger partial charge < -0.3 is 14.8 Å². The lowest BCUT2D eigenvalue weighted by Crippen LogP contribution is -2.39. The number of carbonyl (C=O) groups excluding carboxylic acids is 1. The van der Waals surface area contributed by atoms with Gasteiger partial charge in [0, 0.05) is 38.2 Å². The number of piperidine rings is 1.